The lowest BCUT2D eigenvalue weighted by Crippen LogP contribution is -2.74. The first kappa shape index (κ1) is 29.4. The summed E-state index contributed by atoms with van der Waals surface area (Å²) >= 11 is 0. The smallest absolute Gasteiger partial charge is 0.342 e. The monoisotopic (exact) mass is 560 g/mol. The van der Waals surface area contributed by atoms with E-state index in [1.165, 1.54) is 14.0 Å². The molecule has 4 rings (SSSR count). The van der Waals surface area contributed by atoms with Gasteiger partial charge in [0.25, 0.3) is 0 Å². The highest BCUT2D eigenvalue weighted by atomic mass is 16.8. The molecule has 0 aliphatic carbocycles. The van der Waals surface area contributed by atoms with Gasteiger partial charge in [0.15, 0.2) is 17.7 Å². The van der Waals surface area contributed by atoms with E-state index in [4.69, 9.17) is 9.47 Å². The SMILES string of the molecule is C=C(CC[C@]12O[C@H](c3nnnn3C)[C@@](O)(C(=O)O)[C@](C(=O)O)(O1)[C@H](O)[C@H]2O)[C@@H](C(C)=O)[C@H](C)Cc1ccccc1. The molecule has 216 valence electrons. The lowest BCUT2D eigenvalue weighted by molar-refractivity contribution is -0.384. The maximum atomic E-state index is 12.7. The van der Waals surface area contributed by atoms with Gasteiger partial charge < -0.3 is 35.0 Å². The van der Waals surface area contributed by atoms with Crippen molar-refractivity contribution in [2.45, 2.75) is 68.4 Å². The maximum Gasteiger partial charge on any atom is 0.342 e. The van der Waals surface area contributed by atoms with Crippen LogP contribution in [0.4, 0.5) is 0 Å². The van der Waals surface area contributed by atoms with Crippen molar-refractivity contribution in [2.75, 3.05) is 0 Å². The molecule has 2 aliphatic heterocycles. The summed E-state index contributed by atoms with van der Waals surface area (Å²) in [5, 5.41) is 64.2. The van der Waals surface area contributed by atoms with E-state index in [-0.39, 0.29) is 30.4 Å². The Morgan fingerprint density at radius 3 is 2.30 bits per heavy atom. The Morgan fingerprint density at radius 2 is 1.77 bits per heavy atom. The van der Waals surface area contributed by atoms with Crippen molar-refractivity contribution in [2.24, 2.45) is 18.9 Å². The molecule has 14 nitrogen and oxygen atoms in total. The average Bonchev–Trinajstić information content (AvgIpc) is 3.40. The van der Waals surface area contributed by atoms with Crippen LogP contribution in [-0.2, 0) is 37.3 Å². The molecule has 14 heteroatoms. The summed E-state index contributed by atoms with van der Waals surface area (Å²) < 4.78 is 12.4. The van der Waals surface area contributed by atoms with Crippen LogP contribution in [0.5, 0.6) is 0 Å². The third kappa shape index (κ3) is 4.32. The predicted molar refractivity (Wildman–Crippen MR) is 133 cm³/mol. The Hall–Kier alpha value is -3.56. The number of aliphatic hydroxyl groups is 3. The zero-order valence-corrected chi connectivity index (χ0v) is 22.2. The summed E-state index contributed by atoms with van der Waals surface area (Å²) in [6, 6.07) is 9.53. The van der Waals surface area contributed by atoms with Gasteiger partial charge in [0.05, 0.1) is 0 Å². The molecule has 0 unspecified atom stereocenters. The van der Waals surface area contributed by atoms with Crippen LogP contribution in [0.3, 0.4) is 0 Å². The fourth-order valence-electron chi connectivity index (χ4n) is 5.98. The van der Waals surface area contributed by atoms with Crippen molar-refractivity contribution in [3.63, 3.8) is 0 Å². The molecule has 8 atom stereocenters. The fourth-order valence-corrected chi connectivity index (χ4v) is 5.98. The predicted octanol–water partition coefficient (Wildman–Crippen LogP) is -0.211. The topological polar surface area (TPSA) is 214 Å². The van der Waals surface area contributed by atoms with Crippen LogP contribution >= 0.6 is 0 Å². The number of rotatable bonds is 11. The second-order valence-corrected chi connectivity index (χ2v) is 10.5. The highest BCUT2D eigenvalue weighted by molar-refractivity contribution is 5.93. The number of aliphatic carboxylic acids is 2. The number of carboxylic acid groups (broad SMARTS) is 2. The molecule has 0 radical (unpaired) electrons. The van der Waals surface area contributed by atoms with Crippen molar-refractivity contribution in [1.29, 1.82) is 0 Å². The fraction of sp³-hybridized carbons (Fsp3) is 0.538. The first-order chi connectivity index (χ1) is 18.7. The van der Waals surface area contributed by atoms with Gasteiger partial charge in [-0.15, -0.1) is 5.10 Å². The van der Waals surface area contributed by atoms with E-state index in [9.17, 15) is 39.9 Å². The minimum Gasteiger partial charge on any atom is -0.479 e. The minimum atomic E-state index is -3.47. The van der Waals surface area contributed by atoms with Gasteiger partial charge >= 0.3 is 11.9 Å². The van der Waals surface area contributed by atoms with E-state index in [0.29, 0.717) is 12.0 Å². The van der Waals surface area contributed by atoms with Gasteiger partial charge in [0, 0.05) is 19.4 Å². The van der Waals surface area contributed by atoms with E-state index in [1.54, 1.807) is 0 Å². The number of fused-ring (bicyclic) bond motifs is 2. The number of allylic oxidation sites excluding steroid dienone is 1. The van der Waals surface area contributed by atoms with Crippen LogP contribution in [0, 0.1) is 11.8 Å². The van der Waals surface area contributed by atoms with Crippen molar-refractivity contribution < 1.29 is 49.4 Å². The number of tetrazole rings is 1. The number of hydrogen-bond acceptors (Lipinski definition) is 11. The van der Waals surface area contributed by atoms with E-state index in [0.717, 1.165) is 10.2 Å². The molecule has 0 amide bonds. The van der Waals surface area contributed by atoms with E-state index in [1.807, 2.05) is 37.3 Å². The molecule has 2 aliphatic rings. The van der Waals surface area contributed by atoms with Gasteiger partial charge in [-0.25, -0.2) is 14.3 Å². The van der Waals surface area contributed by atoms with Crippen LogP contribution in [0.25, 0.3) is 0 Å². The average molecular weight is 561 g/mol. The van der Waals surface area contributed by atoms with Crippen LogP contribution in [0.2, 0.25) is 0 Å². The van der Waals surface area contributed by atoms with Crippen LogP contribution in [0.1, 0.15) is 44.2 Å². The normalized spacial score (nSPS) is 32.8. The summed E-state index contributed by atoms with van der Waals surface area (Å²) in [5.41, 5.74) is -5.29. The van der Waals surface area contributed by atoms with Gasteiger partial charge in [-0.05, 0) is 41.7 Å². The molecule has 3 heterocycles. The van der Waals surface area contributed by atoms with E-state index < -0.39 is 53.2 Å². The third-order valence-corrected chi connectivity index (χ3v) is 7.94. The van der Waals surface area contributed by atoms with Gasteiger partial charge in [-0.1, -0.05) is 49.4 Å². The van der Waals surface area contributed by atoms with Gasteiger partial charge in [0.2, 0.25) is 11.2 Å². The number of aliphatic hydroxyl groups excluding tert-OH is 2. The first-order valence-corrected chi connectivity index (χ1v) is 12.6. The Morgan fingerprint density at radius 1 is 1.12 bits per heavy atom. The number of carboxylic acids is 2. The second-order valence-electron chi connectivity index (χ2n) is 10.5. The lowest BCUT2D eigenvalue weighted by atomic mass is 9.74. The number of ether oxygens (including phenoxy) is 2. The Labute approximate surface area is 228 Å². The molecule has 2 fully saturated rings. The number of carbonyl (C=O) groups is 3. The lowest BCUT2D eigenvalue weighted by Gasteiger charge is -2.49. The molecule has 2 saturated heterocycles. The maximum absolute atomic E-state index is 12.7. The highest BCUT2D eigenvalue weighted by Gasteiger charge is 2.84. The van der Waals surface area contributed by atoms with Gasteiger partial charge in [-0.2, -0.15) is 0 Å². The largest absolute Gasteiger partial charge is 0.479 e. The molecule has 0 spiro atoms. The number of hydrogen-bond donors (Lipinski definition) is 5. The van der Waals surface area contributed by atoms with Crippen LogP contribution < -0.4 is 0 Å². The highest BCUT2D eigenvalue weighted by Crippen LogP contribution is 2.58. The Bertz CT molecular complexity index is 1320. The van der Waals surface area contributed by atoms with Crippen molar-refractivity contribution in [1.82, 2.24) is 20.2 Å². The second kappa shape index (κ2) is 10.4. The number of aryl methyl sites for hydroxylation is 1. The molecular weight excluding hydrogens is 528 g/mol. The Kier molecular flexibility index (Phi) is 7.68. The van der Waals surface area contributed by atoms with Crippen LogP contribution in [0.15, 0.2) is 42.5 Å². The number of Topliss-reactive ketones (excluding diaryl/α,β-unsaturated/α-hetero) is 1. The quantitative estimate of drug-likeness (QED) is 0.225. The van der Waals surface area contributed by atoms with E-state index >= 15 is 0 Å². The molecule has 2 bridgehead atoms. The van der Waals surface area contributed by atoms with Crippen molar-refractivity contribution >= 4 is 17.7 Å². The summed E-state index contributed by atoms with van der Waals surface area (Å²) in [4.78, 5) is 37.6. The Balaban J connectivity index is 1.69. The standard InChI is InChI=1S/C26H32N4O10/c1-13(17(15(3)31)14(2)12-16-8-6-5-7-9-16)10-11-24-18(32)19(33)26(40-24,23(36)37)25(38,22(34)35)20(39-24)21-27-28-29-30(21)4/h5-9,14,17-20,32-33,38H,1,10-12H2,2-4H3,(H,34,35)(H,36,37)/t14-,17-,18-,19-,20-,24+,25-,26+/m1/s1. The number of carbonyl (C=O) groups excluding carboxylic acids is 1. The molecule has 0 saturated carbocycles. The minimum absolute atomic E-state index is 0.0435. The number of nitrogens with zero attached hydrogens (tertiary/aromatic N) is 4. The van der Waals surface area contributed by atoms with Gasteiger partial charge in [-0.3, -0.25) is 4.79 Å². The number of aromatic nitrogens is 4. The van der Waals surface area contributed by atoms with Gasteiger partial charge in [0.1, 0.15) is 18.0 Å². The van der Waals surface area contributed by atoms with Crippen LogP contribution in [-0.4, -0.2) is 92.7 Å². The summed E-state index contributed by atoms with van der Waals surface area (Å²) in [6.07, 6.45) is -6.47. The molecule has 5 N–H and O–H groups in total. The molecule has 40 heavy (non-hydrogen) atoms. The first-order valence-electron chi connectivity index (χ1n) is 12.6. The summed E-state index contributed by atoms with van der Waals surface area (Å²) in [7, 11) is 1.30. The zero-order valence-electron chi connectivity index (χ0n) is 22.2. The molecule has 2 aromatic rings. The number of ketones is 1. The summed E-state index contributed by atoms with van der Waals surface area (Å²) in [5.74, 6) is -7.84. The third-order valence-electron chi connectivity index (χ3n) is 7.94. The molecule has 1 aromatic carbocycles. The van der Waals surface area contributed by atoms with E-state index in [2.05, 4.69) is 22.1 Å². The van der Waals surface area contributed by atoms with Crippen molar-refractivity contribution in [3.8, 4) is 0 Å². The zero-order chi connectivity index (χ0) is 29.6. The molecule has 1 aromatic heterocycles. The number of benzene rings is 1. The molecular formula is C26H32N4O10. The van der Waals surface area contributed by atoms with Crippen molar-refractivity contribution in [3.05, 3.63) is 53.9 Å². The summed E-state index contributed by atoms with van der Waals surface area (Å²) in [6.45, 7) is 7.39.